The largest absolute Gasteiger partial charge is 0.495 e. The number of anilines is 1. The number of carbonyl (C=O) groups is 1. The van der Waals surface area contributed by atoms with Crippen LogP contribution >= 0.6 is 0 Å². The summed E-state index contributed by atoms with van der Waals surface area (Å²) in [7, 11) is 1.57. The van der Waals surface area contributed by atoms with Crippen molar-refractivity contribution in [3.8, 4) is 17.1 Å². The van der Waals surface area contributed by atoms with Crippen LogP contribution in [0.5, 0.6) is 5.75 Å². The average Bonchev–Trinajstić information content (AvgIpc) is 3.15. The summed E-state index contributed by atoms with van der Waals surface area (Å²) in [6.45, 7) is 1.89. The van der Waals surface area contributed by atoms with Crippen LogP contribution in [0.3, 0.4) is 0 Å². The number of alkyl halides is 1. The minimum Gasteiger partial charge on any atom is -0.495 e. The molecule has 2 atom stereocenters. The highest BCUT2D eigenvalue weighted by Gasteiger charge is 2.43. The fraction of sp³-hybridized carbons (Fsp3) is 0.238. The number of halogens is 1. The number of nitrogens with one attached hydrogen (secondary N) is 1. The Bertz CT molecular complexity index is 1260. The van der Waals surface area contributed by atoms with Crippen molar-refractivity contribution < 1.29 is 18.4 Å². The van der Waals surface area contributed by atoms with Gasteiger partial charge in [-0.2, -0.15) is 10.1 Å². The molecule has 1 N–H and O–H groups in total. The Morgan fingerprint density at radius 1 is 1.33 bits per heavy atom. The van der Waals surface area contributed by atoms with Gasteiger partial charge in [0.05, 0.1) is 36.5 Å². The quantitative estimate of drug-likeness (QED) is 0.541. The van der Waals surface area contributed by atoms with Gasteiger partial charge in [-0.05, 0) is 37.1 Å². The smallest absolute Gasteiger partial charge is 0.259 e. The van der Waals surface area contributed by atoms with Crippen molar-refractivity contribution in [3.05, 3.63) is 59.7 Å². The summed E-state index contributed by atoms with van der Waals surface area (Å²) >= 11 is 0. The number of fused-ring (bicyclic) bond motifs is 1. The highest BCUT2D eigenvalue weighted by Crippen LogP contribution is 2.43. The molecular weight excluding hydrogens is 389 g/mol. The van der Waals surface area contributed by atoms with Crippen LogP contribution in [0.2, 0.25) is 0 Å². The topological polar surface area (TPSA) is 94.5 Å². The Kier molecular flexibility index (Phi) is 4.23. The van der Waals surface area contributed by atoms with Crippen molar-refractivity contribution in [2.24, 2.45) is 0 Å². The first kappa shape index (κ1) is 18.3. The fourth-order valence-electron chi connectivity index (χ4n) is 3.27. The Balaban J connectivity index is 1.41. The van der Waals surface area contributed by atoms with Crippen molar-refractivity contribution >= 4 is 17.1 Å². The van der Waals surface area contributed by atoms with Crippen LogP contribution in [0, 0.1) is 6.92 Å². The van der Waals surface area contributed by atoms with E-state index in [4.69, 9.17) is 9.26 Å². The zero-order chi connectivity index (χ0) is 20.8. The van der Waals surface area contributed by atoms with Crippen molar-refractivity contribution in [1.29, 1.82) is 0 Å². The summed E-state index contributed by atoms with van der Waals surface area (Å²) in [5.41, 5.74) is 3.26. The number of hydrogen-bond acceptors (Lipinski definition) is 6. The number of rotatable bonds is 5. The van der Waals surface area contributed by atoms with Gasteiger partial charge >= 0.3 is 0 Å². The van der Waals surface area contributed by atoms with Crippen molar-refractivity contribution in [1.82, 2.24) is 19.8 Å². The van der Waals surface area contributed by atoms with E-state index in [1.54, 1.807) is 36.0 Å². The maximum Gasteiger partial charge on any atom is 0.259 e. The molecule has 1 fully saturated rings. The number of hydrogen-bond donors (Lipinski definition) is 1. The van der Waals surface area contributed by atoms with Crippen LogP contribution in [0.1, 0.15) is 34.2 Å². The number of pyridine rings is 1. The van der Waals surface area contributed by atoms with E-state index < -0.39 is 6.17 Å². The molecule has 3 aromatic heterocycles. The number of nitrogens with zero attached hydrogens (tertiary/aromatic N) is 4. The van der Waals surface area contributed by atoms with E-state index in [-0.39, 0.29) is 11.8 Å². The Hall–Kier alpha value is -3.75. The molecule has 0 bridgehead atoms. The number of amides is 1. The van der Waals surface area contributed by atoms with Gasteiger partial charge in [0.1, 0.15) is 11.9 Å². The first-order valence-electron chi connectivity index (χ1n) is 9.45. The second-order valence-corrected chi connectivity index (χ2v) is 7.26. The molecule has 0 saturated heterocycles. The molecular formula is C21H18FN5O3. The standard InChI is InChI=1S/C21H18FN5O3/c1-11-3-4-12(19-25-21(30-26-19)14-8-16(14)22)7-17(11)24-20(28)15-9-23-27-10-13(29-2)5-6-18(15)27/h3-7,9-10,14,16H,8H2,1-2H3,(H,24,28)/t14-,16-/m0/s1. The molecule has 1 aliphatic carbocycles. The molecule has 0 unspecified atom stereocenters. The van der Waals surface area contributed by atoms with E-state index >= 15 is 0 Å². The van der Waals surface area contributed by atoms with Crippen LogP contribution in [0.15, 0.2) is 47.2 Å². The third kappa shape index (κ3) is 3.18. The molecule has 4 aromatic rings. The van der Waals surface area contributed by atoms with Gasteiger partial charge in [0.2, 0.25) is 11.7 Å². The van der Waals surface area contributed by atoms with E-state index in [2.05, 4.69) is 20.6 Å². The van der Waals surface area contributed by atoms with Gasteiger partial charge in [0.15, 0.2) is 0 Å². The first-order chi connectivity index (χ1) is 14.5. The zero-order valence-electron chi connectivity index (χ0n) is 16.3. The molecule has 1 aromatic carbocycles. The molecule has 1 saturated carbocycles. The second-order valence-electron chi connectivity index (χ2n) is 7.26. The Morgan fingerprint density at radius 3 is 2.93 bits per heavy atom. The highest BCUT2D eigenvalue weighted by molar-refractivity contribution is 6.09. The summed E-state index contributed by atoms with van der Waals surface area (Å²) in [4.78, 5) is 17.2. The van der Waals surface area contributed by atoms with E-state index in [0.29, 0.717) is 46.2 Å². The van der Waals surface area contributed by atoms with Crippen LogP contribution in [0.25, 0.3) is 16.9 Å². The molecule has 8 nitrogen and oxygen atoms in total. The summed E-state index contributed by atoms with van der Waals surface area (Å²) in [6, 6.07) is 9.02. The van der Waals surface area contributed by atoms with E-state index in [0.717, 1.165) is 5.56 Å². The molecule has 30 heavy (non-hydrogen) atoms. The molecule has 0 aliphatic heterocycles. The lowest BCUT2D eigenvalue weighted by molar-refractivity contribution is 0.102. The molecule has 5 rings (SSSR count). The van der Waals surface area contributed by atoms with Crippen molar-refractivity contribution in [2.45, 2.75) is 25.4 Å². The van der Waals surface area contributed by atoms with Gasteiger partial charge in [-0.15, -0.1) is 0 Å². The van der Waals surface area contributed by atoms with Gasteiger partial charge in [0, 0.05) is 11.3 Å². The second kappa shape index (κ2) is 6.94. The molecule has 0 radical (unpaired) electrons. The predicted octanol–water partition coefficient (Wildman–Crippen LogP) is 3.78. The Labute approximate surface area is 170 Å². The lowest BCUT2D eigenvalue weighted by Gasteiger charge is -2.09. The number of ether oxygens (including phenoxy) is 1. The van der Waals surface area contributed by atoms with Crippen LogP contribution in [-0.2, 0) is 0 Å². The van der Waals surface area contributed by atoms with E-state index in [9.17, 15) is 9.18 Å². The van der Waals surface area contributed by atoms with Gasteiger partial charge in [-0.25, -0.2) is 8.91 Å². The molecule has 152 valence electrons. The lowest BCUT2D eigenvalue weighted by Crippen LogP contribution is -2.12. The van der Waals surface area contributed by atoms with Crippen molar-refractivity contribution in [3.63, 3.8) is 0 Å². The summed E-state index contributed by atoms with van der Waals surface area (Å²) in [5, 5.41) is 11.1. The number of aromatic nitrogens is 4. The highest BCUT2D eigenvalue weighted by atomic mass is 19.1. The summed E-state index contributed by atoms with van der Waals surface area (Å²) < 4.78 is 25.2. The maximum atomic E-state index is 13.2. The monoisotopic (exact) mass is 407 g/mol. The van der Waals surface area contributed by atoms with Gasteiger partial charge in [-0.1, -0.05) is 17.3 Å². The van der Waals surface area contributed by atoms with E-state index in [1.807, 2.05) is 19.1 Å². The maximum absolute atomic E-state index is 13.2. The molecule has 9 heteroatoms. The number of aryl methyl sites for hydroxylation is 1. The van der Waals surface area contributed by atoms with Gasteiger partial charge < -0.3 is 14.6 Å². The first-order valence-corrected chi connectivity index (χ1v) is 9.45. The third-order valence-corrected chi connectivity index (χ3v) is 5.18. The van der Waals surface area contributed by atoms with Crippen molar-refractivity contribution in [2.75, 3.05) is 12.4 Å². The van der Waals surface area contributed by atoms with Crippen LogP contribution in [-0.4, -0.2) is 38.9 Å². The summed E-state index contributed by atoms with van der Waals surface area (Å²) in [6.07, 6.45) is 2.73. The van der Waals surface area contributed by atoms with Crippen LogP contribution < -0.4 is 10.1 Å². The van der Waals surface area contributed by atoms with Crippen LogP contribution in [0.4, 0.5) is 10.1 Å². The minimum atomic E-state index is -0.906. The SMILES string of the molecule is COc1ccc2c(C(=O)Nc3cc(-c4noc([C@H]5C[C@@H]5F)n4)ccc3C)cnn2c1. The normalized spacial score (nSPS) is 17.8. The van der Waals surface area contributed by atoms with Gasteiger partial charge in [-0.3, -0.25) is 4.79 Å². The summed E-state index contributed by atoms with van der Waals surface area (Å²) in [5.74, 6) is 0.728. The molecule has 1 amide bonds. The number of carbonyl (C=O) groups excluding carboxylic acids is 1. The molecule has 0 spiro atoms. The zero-order valence-corrected chi connectivity index (χ0v) is 16.3. The minimum absolute atomic E-state index is 0.289. The molecule has 1 aliphatic rings. The fourth-order valence-corrected chi connectivity index (χ4v) is 3.27. The lowest BCUT2D eigenvalue weighted by atomic mass is 10.1. The predicted molar refractivity (Wildman–Crippen MR) is 106 cm³/mol. The third-order valence-electron chi connectivity index (χ3n) is 5.18. The van der Waals surface area contributed by atoms with E-state index in [1.165, 1.54) is 6.20 Å². The Morgan fingerprint density at radius 2 is 2.17 bits per heavy atom. The number of methoxy groups -OCH3 is 1. The molecule has 3 heterocycles. The number of benzene rings is 1. The average molecular weight is 407 g/mol. The van der Waals surface area contributed by atoms with Gasteiger partial charge in [0.25, 0.3) is 5.91 Å².